The van der Waals surface area contributed by atoms with Gasteiger partial charge in [-0.1, -0.05) is 41.9 Å². The van der Waals surface area contributed by atoms with Gasteiger partial charge >= 0.3 is 5.97 Å². The predicted molar refractivity (Wildman–Crippen MR) is 188 cm³/mol. The average Bonchev–Trinajstić information content (AvgIpc) is 3.54. The van der Waals surface area contributed by atoms with Crippen molar-refractivity contribution in [2.75, 3.05) is 32.8 Å². The Labute approximate surface area is 296 Å². The van der Waals surface area contributed by atoms with Gasteiger partial charge in [0.2, 0.25) is 0 Å². The predicted octanol–water partition coefficient (Wildman–Crippen LogP) is 5.11. The van der Waals surface area contributed by atoms with Crippen molar-refractivity contribution >= 4 is 17.6 Å². The number of benzene rings is 3. The van der Waals surface area contributed by atoms with E-state index in [0.29, 0.717) is 39.8 Å². The molecule has 0 bridgehead atoms. The zero-order valence-corrected chi connectivity index (χ0v) is 28.6. The Balaban J connectivity index is 1.27. The molecule has 0 amide bonds. The van der Waals surface area contributed by atoms with E-state index in [1.165, 1.54) is 6.20 Å². The molecule has 0 spiro atoms. The molecule has 1 aliphatic rings. The number of pyridine rings is 1. The van der Waals surface area contributed by atoms with Gasteiger partial charge < -0.3 is 34.4 Å². The monoisotopic (exact) mass is 700 g/mol. The van der Waals surface area contributed by atoms with Crippen LogP contribution in [0, 0.1) is 18.3 Å². The third-order valence-electron chi connectivity index (χ3n) is 8.49. The summed E-state index contributed by atoms with van der Waals surface area (Å²) < 4.78 is 18.4. The Hall–Kier alpha value is -4.70. The SMILES string of the molecule is Cc1c(OCCCN2CC[C@@H](O)C2)cccc1-c1cccc(COc2cc(OCc3cncc(C#N)c3)c(CNC(CO)C(=O)O)cc2Cl)c1. The van der Waals surface area contributed by atoms with E-state index in [9.17, 15) is 25.4 Å². The topological polar surface area (TPSA) is 157 Å². The largest absolute Gasteiger partial charge is 0.493 e. The molecule has 3 aromatic carbocycles. The molecule has 4 aromatic rings. The molecule has 11 nitrogen and oxygen atoms in total. The number of nitriles is 1. The smallest absolute Gasteiger partial charge is 0.323 e. The van der Waals surface area contributed by atoms with Gasteiger partial charge in [0.1, 0.15) is 42.6 Å². The highest BCUT2D eigenvalue weighted by molar-refractivity contribution is 6.32. The minimum Gasteiger partial charge on any atom is -0.493 e. The molecule has 0 saturated carbocycles. The number of rotatable bonds is 17. The van der Waals surface area contributed by atoms with Gasteiger partial charge in [0.15, 0.2) is 0 Å². The van der Waals surface area contributed by atoms with Crippen molar-refractivity contribution in [3.05, 3.63) is 106 Å². The number of nitrogens with one attached hydrogen (secondary N) is 1. The van der Waals surface area contributed by atoms with E-state index in [2.05, 4.69) is 33.4 Å². The van der Waals surface area contributed by atoms with E-state index in [-0.39, 0.29) is 25.9 Å². The van der Waals surface area contributed by atoms with Gasteiger partial charge in [-0.15, -0.1) is 0 Å². The van der Waals surface area contributed by atoms with Crippen LogP contribution in [0.15, 0.2) is 73.1 Å². The van der Waals surface area contributed by atoms with Crippen molar-refractivity contribution < 1.29 is 34.3 Å². The van der Waals surface area contributed by atoms with Crippen molar-refractivity contribution in [3.63, 3.8) is 0 Å². The van der Waals surface area contributed by atoms with Gasteiger partial charge in [-0.25, -0.2) is 0 Å². The molecule has 1 unspecified atom stereocenters. The molecule has 1 fully saturated rings. The number of aliphatic carboxylic acids is 1. The lowest BCUT2D eigenvalue weighted by atomic mass is 9.98. The first-order valence-corrected chi connectivity index (χ1v) is 16.8. The minimum absolute atomic E-state index is 0.0517. The number of β-amino-alcohol motifs (C(OH)–C–C–N with tert-alkyl or cyclic N) is 1. The van der Waals surface area contributed by atoms with Gasteiger partial charge in [-0.2, -0.15) is 5.26 Å². The molecular weight excluding hydrogens is 660 g/mol. The Kier molecular flexibility index (Phi) is 13.0. The molecule has 4 N–H and O–H groups in total. The first-order valence-electron chi connectivity index (χ1n) is 16.4. The standard InChI is InChI=1S/C38H41ClN4O7/c1-25-32(7-3-8-35(25)48-12-4-10-43-11-9-31(45)21-43)29-6-2-5-26(14-29)23-50-37-16-36(49-24-28-13-27(17-40)18-41-19-28)30(15-33(37)39)20-42-34(22-44)38(46)47/h2-3,5-8,13-16,18-19,31,34,42,44-45H,4,9-12,20-24H2,1H3,(H,46,47)/t31-,34?/m1/s1. The molecule has 1 aliphatic heterocycles. The second kappa shape index (κ2) is 17.8. The number of hydrogen-bond acceptors (Lipinski definition) is 10. The van der Waals surface area contributed by atoms with E-state index in [0.717, 1.165) is 60.5 Å². The lowest BCUT2D eigenvalue weighted by molar-refractivity contribution is -0.140. The van der Waals surface area contributed by atoms with Crippen molar-refractivity contribution in [1.82, 2.24) is 15.2 Å². The zero-order valence-electron chi connectivity index (χ0n) is 27.8. The Morgan fingerprint density at radius 3 is 2.62 bits per heavy atom. The zero-order chi connectivity index (χ0) is 35.5. The van der Waals surface area contributed by atoms with Crippen LogP contribution in [0.1, 0.15) is 40.7 Å². The Morgan fingerprint density at radius 2 is 1.86 bits per heavy atom. The fourth-order valence-electron chi connectivity index (χ4n) is 5.77. The number of carboxylic acids is 1. The number of aromatic nitrogens is 1. The van der Waals surface area contributed by atoms with Crippen LogP contribution in [-0.4, -0.2) is 76.2 Å². The number of aliphatic hydroxyl groups excluding tert-OH is 2. The number of ether oxygens (including phenoxy) is 3. The summed E-state index contributed by atoms with van der Waals surface area (Å²) in [5, 5.41) is 40.9. The fraction of sp³-hybridized carbons (Fsp3) is 0.342. The number of nitrogens with zero attached hydrogens (tertiary/aromatic N) is 3. The molecule has 5 rings (SSSR count). The van der Waals surface area contributed by atoms with Crippen molar-refractivity contribution in [2.24, 2.45) is 0 Å². The second-order valence-corrected chi connectivity index (χ2v) is 12.6. The van der Waals surface area contributed by atoms with Crippen LogP contribution in [-0.2, 0) is 24.6 Å². The van der Waals surface area contributed by atoms with Gasteiger partial charge in [0, 0.05) is 55.8 Å². The molecule has 1 saturated heterocycles. The summed E-state index contributed by atoms with van der Waals surface area (Å²) in [6.45, 7) is 4.97. The third-order valence-corrected chi connectivity index (χ3v) is 8.79. The van der Waals surface area contributed by atoms with Crippen LogP contribution in [0.3, 0.4) is 0 Å². The van der Waals surface area contributed by atoms with Gasteiger partial charge in [-0.3, -0.25) is 15.1 Å². The number of carbonyl (C=O) groups is 1. The summed E-state index contributed by atoms with van der Waals surface area (Å²) in [5.74, 6) is 0.405. The highest BCUT2D eigenvalue weighted by atomic mass is 35.5. The number of likely N-dealkylation sites (tertiary alicyclic amines) is 1. The lowest BCUT2D eigenvalue weighted by Gasteiger charge is -2.18. The van der Waals surface area contributed by atoms with E-state index in [1.54, 1.807) is 24.4 Å². The molecule has 262 valence electrons. The van der Waals surface area contributed by atoms with Crippen molar-refractivity contribution in [3.8, 4) is 34.4 Å². The van der Waals surface area contributed by atoms with Crippen LogP contribution in [0.2, 0.25) is 5.02 Å². The average molecular weight is 701 g/mol. The van der Waals surface area contributed by atoms with E-state index < -0.39 is 18.6 Å². The Morgan fingerprint density at radius 1 is 1.06 bits per heavy atom. The summed E-state index contributed by atoms with van der Waals surface area (Å²) in [5.41, 5.74) is 5.64. The molecule has 12 heteroatoms. The van der Waals surface area contributed by atoms with Crippen LogP contribution in [0.4, 0.5) is 0 Å². The maximum atomic E-state index is 11.5. The van der Waals surface area contributed by atoms with Crippen LogP contribution in [0.25, 0.3) is 11.1 Å². The number of halogens is 1. The van der Waals surface area contributed by atoms with Gasteiger partial charge in [0.25, 0.3) is 0 Å². The van der Waals surface area contributed by atoms with Crippen LogP contribution >= 0.6 is 11.6 Å². The Bertz CT molecular complexity index is 1810. The normalized spacial score (nSPS) is 15.0. The number of aliphatic hydroxyl groups is 2. The lowest BCUT2D eigenvalue weighted by Crippen LogP contribution is -2.39. The molecule has 1 aromatic heterocycles. The van der Waals surface area contributed by atoms with E-state index in [4.69, 9.17) is 25.8 Å². The first kappa shape index (κ1) is 36.6. The van der Waals surface area contributed by atoms with E-state index in [1.807, 2.05) is 37.3 Å². The van der Waals surface area contributed by atoms with Gasteiger partial charge in [0.05, 0.1) is 29.9 Å². The van der Waals surface area contributed by atoms with Crippen molar-refractivity contribution in [2.45, 2.75) is 51.7 Å². The van der Waals surface area contributed by atoms with Crippen LogP contribution < -0.4 is 19.5 Å². The second-order valence-electron chi connectivity index (χ2n) is 12.2. The fourth-order valence-corrected chi connectivity index (χ4v) is 6.01. The van der Waals surface area contributed by atoms with Crippen LogP contribution in [0.5, 0.6) is 17.2 Å². The summed E-state index contributed by atoms with van der Waals surface area (Å²) in [7, 11) is 0. The summed E-state index contributed by atoms with van der Waals surface area (Å²) in [4.78, 5) is 17.8. The maximum absolute atomic E-state index is 11.5. The summed E-state index contributed by atoms with van der Waals surface area (Å²) in [6.07, 6.45) is 4.55. The molecule has 2 atom stereocenters. The van der Waals surface area contributed by atoms with Crippen molar-refractivity contribution in [1.29, 1.82) is 5.26 Å². The molecular formula is C38H41ClN4O7. The van der Waals surface area contributed by atoms with E-state index >= 15 is 0 Å². The first-order chi connectivity index (χ1) is 24.2. The highest BCUT2D eigenvalue weighted by Gasteiger charge is 2.20. The molecule has 2 heterocycles. The third kappa shape index (κ3) is 9.94. The molecule has 0 aliphatic carbocycles. The molecule has 50 heavy (non-hydrogen) atoms. The number of hydrogen-bond donors (Lipinski definition) is 4. The maximum Gasteiger partial charge on any atom is 0.323 e. The molecule has 0 radical (unpaired) electrons. The minimum atomic E-state index is -1.19. The highest BCUT2D eigenvalue weighted by Crippen LogP contribution is 2.35. The summed E-state index contributed by atoms with van der Waals surface area (Å²) >= 11 is 6.65. The van der Waals surface area contributed by atoms with Gasteiger partial charge in [-0.05, 0) is 66.3 Å². The quantitative estimate of drug-likeness (QED) is 0.109. The summed E-state index contributed by atoms with van der Waals surface area (Å²) in [6, 6.07) is 19.9. The number of carboxylic acid groups (broad SMARTS) is 1.